The summed E-state index contributed by atoms with van der Waals surface area (Å²) in [4.78, 5) is 12.1. The fraction of sp³-hybridized carbons (Fsp3) is 0.917. The van der Waals surface area contributed by atoms with Crippen LogP contribution in [0.15, 0.2) is 0 Å². The summed E-state index contributed by atoms with van der Waals surface area (Å²) >= 11 is 0. The second kappa shape index (κ2) is 6.67. The predicted molar refractivity (Wildman–Crippen MR) is 74.8 cm³/mol. The maximum absolute atomic E-state index is 12.1. The molecule has 2 atom stereocenters. The number of nitrogens with zero attached hydrogens (tertiary/aromatic N) is 2. The molecule has 0 unspecified atom stereocenters. The first-order chi connectivity index (χ1) is 8.78. The van der Waals surface area contributed by atoms with E-state index in [9.17, 15) is 13.2 Å². The third kappa shape index (κ3) is 4.15. The van der Waals surface area contributed by atoms with Crippen molar-refractivity contribution in [3.05, 3.63) is 0 Å². The molecule has 0 aromatic carbocycles. The summed E-state index contributed by atoms with van der Waals surface area (Å²) in [6.45, 7) is 4.74. The Hall–Kier alpha value is -0.660. The average Bonchev–Trinajstić information content (AvgIpc) is 2.38. The van der Waals surface area contributed by atoms with Gasteiger partial charge in [-0.3, -0.25) is 4.79 Å². The lowest BCUT2D eigenvalue weighted by molar-refractivity contribution is -0.126. The highest BCUT2D eigenvalue weighted by Gasteiger charge is 2.33. The van der Waals surface area contributed by atoms with Crippen molar-refractivity contribution in [3.63, 3.8) is 0 Å². The lowest BCUT2D eigenvalue weighted by Crippen LogP contribution is -2.49. The van der Waals surface area contributed by atoms with Crippen molar-refractivity contribution in [2.45, 2.75) is 39.2 Å². The third-order valence-corrected chi connectivity index (χ3v) is 5.45. The molecule has 1 amide bonds. The van der Waals surface area contributed by atoms with Gasteiger partial charge in [-0.1, -0.05) is 6.92 Å². The minimum Gasteiger partial charge on any atom is -0.353 e. The van der Waals surface area contributed by atoms with Gasteiger partial charge in [0.15, 0.2) is 0 Å². The Morgan fingerprint density at radius 1 is 1.47 bits per heavy atom. The van der Waals surface area contributed by atoms with E-state index in [0.29, 0.717) is 6.54 Å². The molecule has 7 heteroatoms. The van der Waals surface area contributed by atoms with Crippen LogP contribution in [0, 0.1) is 5.92 Å². The average molecular weight is 291 g/mol. The first-order valence-electron chi connectivity index (χ1n) is 6.77. The first-order valence-corrected chi connectivity index (χ1v) is 8.16. The van der Waals surface area contributed by atoms with Crippen LogP contribution in [0.2, 0.25) is 0 Å². The van der Waals surface area contributed by atoms with Crippen LogP contribution in [0.1, 0.15) is 33.1 Å². The summed E-state index contributed by atoms with van der Waals surface area (Å²) in [5.41, 5.74) is 0. The van der Waals surface area contributed by atoms with Crippen molar-refractivity contribution in [2.24, 2.45) is 5.92 Å². The van der Waals surface area contributed by atoms with Gasteiger partial charge in [0.2, 0.25) is 5.91 Å². The predicted octanol–water partition coefficient (Wildman–Crippen LogP) is 0.420. The fourth-order valence-electron chi connectivity index (χ4n) is 2.06. The smallest absolute Gasteiger partial charge is 0.281 e. The van der Waals surface area contributed by atoms with Gasteiger partial charge in [-0.25, -0.2) is 0 Å². The number of rotatable bonds is 5. The van der Waals surface area contributed by atoms with Gasteiger partial charge >= 0.3 is 0 Å². The maximum Gasteiger partial charge on any atom is 0.281 e. The molecule has 0 radical (unpaired) electrons. The zero-order chi connectivity index (χ0) is 14.6. The highest BCUT2D eigenvalue weighted by molar-refractivity contribution is 7.86. The van der Waals surface area contributed by atoms with Gasteiger partial charge in [-0.2, -0.15) is 17.0 Å². The van der Waals surface area contributed by atoms with Crippen LogP contribution in [-0.2, 0) is 15.0 Å². The summed E-state index contributed by atoms with van der Waals surface area (Å²) < 4.78 is 26.7. The van der Waals surface area contributed by atoms with Gasteiger partial charge in [0, 0.05) is 33.2 Å². The maximum atomic E-state index is 12.1. The molecule has 0 bridgehead atoms. The third-order valence-electron chi connectivity index (χ3n) is 3.54. The van der Waals surface area contributed by atoms with Gasteiger partial charge in [0.25, 0.3) is 10.2 Å². The lowest BCUT2D eigenvalue weighted by atomic mass is 9.98. The Morgan fingerprint density at radius 2 is 2.11 bits per heavy atom. The van der Waals surface area contributed by atoms with E-state index < -0.39 is 10.2 Å². The molecular formula is C12H25N3O3S. The largest absolute Gasteiger partial charge is 0.353 e. The molecule has 1 fully saturated rings. The molecule has 0 aromatic rings. The molecule has 1 aliphatic rings. The fourth-order valence-corrected chi connectivity index (χ4v) is 3.25. The van der Waals surface area contributed by atoms with Crippen molar-refractivity contribution in [1.29, 1.82) is 0 Å². The van der Waals surface area contributed by atoms with E-state index in [-0.39, 0.29) is 24.4 Å². The Bertz CT molecular complexity index is 408. The number of hydrogen-bond acceptors (Lipinski definition) is 3. The quantitative estimate of drug-likeness (QED) is 0.798. The van der Waals surface area contributed by atoms with Crippen molar-refractivity contribution in [1.82, 2.24) is 13.9 Å². The van der Waals surface area contributed by atoms with Crippen LogP contribution >= 0.6 is 0 Å². The minimum atomic E-state index is -3.41. The number of nitrogens with one attached hydrogen (secondary N) is 1. The highest BCUT2D eigenvalue weighted by atomic mass is 32.2. The highest BCUT2D eigenvalue weighted by Crippen LogP contribution is 2.20. The Kier molecular flexibility index (Phi) is 5.76. The zero-order valence-corrected chi connectivity index (χ0v) is 13.0. The Morgan fingerprint density at radius 3 is 2.63 bits per heavy atom. The van der Waals surface area contributed by atoms with E-state index in [4.69, 9.17) is 0 Å². The van der Waals surface area contributed by atoms with Crippen LogP contribution in [-0.4, -0.2) is 56.2 Å². The molecule has 0 aromatic heterocycles. The second-order valence-corrected chi connectivity index (χ2v) is 7.45. The molecule has 1 rings (SSSR count). The van der Waals surface area contributed by atoms with E-state index in [1.807, 2.05) is 13.8 Å². The number of carbonyl (C=O) groups is 1. The van der Waals surface area contributed by atoms with Crippen LogP contribution < -0.4 is 5.32 Å². The molecule has 1 N–H and O–H groups in total. The van der Waals surface area contributed by atoms with Gasteiger partial charge < -0.3 is 5.32 Å². The van der Waals surface area contributed by atoms with Crippen LogP contribution in [0.5, 0.6) is 0 Å². The summed E-state index contributed by atoms with van der Waals surface area (Å²) in [5, 5.41) is 2.93. The van der Waals surface area contributed by atoms with Gasteiger partial charge in [0.1, 0.15) is 0 Å². The molecule has 0 aliphatic carbocycles. The van der Waals surface area contributed by atoms with Crippen LogP contribution in [0.25, 0.3) is 0 Å². The Labute approximate surface area is 116 Å². The molecule has 0 spiro atoms. The topological polar surface area (TPSA) is 69.7 Å². The van der Waals surface area contributed by atoms with Crippen molar-refractivity contribution in [3.8, 4) is 0 Å². The molecule has 1 saturated heterocycles. The van der Waals surface area contributed by atoms with E-state index in [0.717, 1.165) is 19.3 Å². The summed E-state index contributed by atoms with van der Waals surface area (Å²) in [5.74, 6) is -0.273. The van der Waals surface area contributed by atoms with Crippen LogP contribution in [0.4, 0.5) is 0 Å². The SMILES string of the molecule is CC[C@H](C)NC(=O)[C@@H]1CCCN(S(=O)(=O)N(C)C)C1. The van der Waals surface area contributed by atoms with E-state index >= 15 is 0 Å². The summed E-state index contributed by atoms with van der Waals surface area (Å²) in [6, 6.07) is 0.133. The van der Waals surface area contributed by atoms with Gasteiger partial charge in [-0.15, -0.1) is 0 Å². The zero-order valence-electron chi connectivity index (χ0n) is 12.2. The van der Waals surface area contributed by atoms with Crippen LogP contribution in [0.3, 0.4) is 0 Å². The first kappa shape index (κ1) is 16.4. The number of carbonyl (C=O) groups excluding carboxylic acids is 1. The summed E-state index contributed by atoms with van der Waals surface area (Å²) in [6.07, 6.45) is 2.35. The molecule has 19 heavy (non-hydrogen) atoms. The molecule has 112 valence electrons. The van der Waals surface area contributed by atoms with Crippen molar-refractivity contribution >= 4 is 16.1 Å². The summed E-state index contributed by atoms with van der Waals surface area (Å²) in [7, 11) is -0.390. The molecule has 6 nitrogen and oxygen atoms in total. The van der Waals surface area contributed by atoms with E-state index in [2.05, 4.69) is 5.32 Å². The minimum absolute atomic E-state index is 0.0343. The van der Waals surface area contributed by atoms with Crippen molar-refractivity contribution < 1.29 is 13.2 Å². The molecule has 1 heterocycles. The standard InChI is InChI=1S/C12H25N3O3S/c1-5-10(2)13-12(16)11-7-6-8-15(9-11)19(17,18)14(3)4/h10-11H,5-9H2,1-4H3,(H,13,16)/t10-,11+/m0/s1. The number of piperidine rings is 1. The molecular weight excluding hydrogens is 266 g/mol. The van der Waals surface area contributed by atoms with E-state index in [1.54, 1.807) is 0 Å². The molecule has 1 aliphatic heterocycles. The van der Waals surface area contributed by atoms with Gasteiger partial charge in [-0.05, 0) is 26.2 Å². The van der Waals surface area contributed by atoms with E-state index in [1.165, 1.54) is 22.7 Å². The number of hydrogen-bond donors (Lipinski definition) is 1. The Balaban J connectivity index is 2.67. The molecule has 0 saturated carbocycles. The number of amides is 1. The second-order valence-electron chi connectivity index (χ2n) is 5.31. The van der Waals surface area contributed by atoms with Gasteiger partial charge in [0.05, 0.1) is 5.92 Å². The van der Waals surface area contributed by atoms with Crippen molar-refractivity contribution in [2.75, 3.05) is 27.2 Å². The monoisotopic (exact) mass is 291 g/mol. The lowest BCUT2D eigenvalue weighted by Gasteiger charge is -2.33. The normalized spacial score (nSPS) is 23.3.